The van der Waals surface area contributed by atoms with Gasteiger partial charge in [0, 0.05) is 12.5 Å². The van der Waals surface area contributed by atoms with Gasteiger partial charge in [0.25, 0.3) is 12.0 Å². The number of rotatable bonds is 8. The Balaban J connectivity index is 2.89. The van der Waals surface area contributed by atoms with Crippen molar-refractivity contribution >= 4 is 57.1 Å². The predicted octanol–water partition coefficient (Wildman–Crippen LogP) is 5.14. The summed E-state index contributed by atoms with van der Waals surface area (Å²) >= 11 is 3.51. The zero-order valence-corrected chi connectivity index (χ0v) is 19.4. The number of carbonyl (C=O) groups is 2. The Morgan fingerprint density at radius 3 is 2.03 bits per heavy atom. The largest absolute Gasteiger partial charge is 0.488 e. The summed E-state index contributed by atoms with van der Waals surface area (Å²) in [4.78, 5) is 23.3. The highest BCUT2D eigenvalue weighted by molar-refractivity contribution is 14.1. The lowest BCUT2D eigenvalue weighted by Gasteiger charge is -2.25. The summed E-state index contributed by atoms with van der Waals surface area (Å²) in [6, 6.07) is 2.28. The van der Waals surface area contributed by atoms with E-state index in [2.05, 4.69) is 11.3 Å². The second kappa shape index (κ2) is 10.2. The van der Waals surface area contributed by atoms with Gasteiger partial charge in [0.1, 0.15) is 19.0 Å². The van der Waals surface area contributed by atoms with Crippen LogP contribution in [0.25, 0.3) is 0 Å². The fourth-order valence-electron chi connectivity index (χ4n) is 1.85. The molecule has 0 heterocycles. The van der Waals surface area contributed by atoms with Gasteiger partial charge in [-0.1, -0.05) is 6.58 Å². The fourth-order valence-corrected chi connectivity index (χ4v) is 3.93. The van der Waals surface area contributed by atoms with Crippen molar-refractivity contribution in [1.82, 2.24) is 0 Å². The van der Waals surface area contributed by atoms with E-state index in [9.17, 15) is 31.5 Å². The zero-order valence-electron chi connectivity index (χ0n) is 15.0. The molecule has 29 heavy (non-hydrogen) atoms. The highest BCUT2D eigenvalue weighted by Gasteiger charge is 2.56. The van der Waals surface area contributed by atoms with Crippen LogP contribution in [-0.4, -0.2) is 43.4 Å². The average Bonchev–Trinajstić information content (AvgIpc) is 2.55. The molecule has 0 saturated heterocycles. The van der Waals surface area contributed by atoms with Gasteiger partial charge in [0.05, 0.1) is 12.7 Å². The van der Waals surface area contributed by atoms with Crippen molar-refractivity contribution in [3.63, 3.8) is 0 Å². The van der Waals surface area contributed by atoms with E-state index in [4.69, 9.17) is 9.47 Å². The van der Waals surface area contributed by atoms with E-state index in [1.54, 1.807) is 45.2 Å². The number of hydrogen-bond acceptors (Lipinski definition) is 5. The first-order valence-electron chi connectivity index (χ1n) is 7.74. The minimum atomic E-state index is -5.43. The van der Waals surface area contributed by atoms with Crippen molar-refractivity contribution in [1.29, 1.82) is 0 Å². The maximum absolute atomic E-state index is 13.2. The lowest BCUT2D eigenvalue weighted by Crippen LogP contribution is -2.46. The lowest BCUT2D eigenvalue weighted by atomic mass is 10.2. The number of ether oxygens (including phenoxy) is 3. The van der Waals surface area contributed by atoms with Crippen LogP contribution in [0.3, 0.4) is 0 Å². The summed E-state index contributed by atoms with van der Waals surface area (Å²) in [7, 11) is 0. The first-order valence-corrected chi connectivity index (χ1v) is 9.90. The third kappa shape index (κ3) is 7.86. The normalized spacial score (nSPS) is 12.9. The molecule has 0 spiro atoms. The molecule has 0 fully saturated rings. The van der Waals surface area contributed by atoms with Crippen molar-refractivity contribution in [2.24, 2.45) is 0 Å². The van der Waals surface area contributed by atoms with Crippen LogP contribution in [0.15, 0.2) is 24.3 Å². The molecule has 0 N–H and O–H groups in total. The minimum Gasteiger partial charge on any atom is -0.488 e. The quantitative estimate of drug-likeness (QED) is 0.129. The topological polar surface area (TPSA) is 61.8 Å². The molecular formula is C17H15F5I2O5. The van der Waals surface area contributed by atoms with Crippen LogP contribution in [0.5, 0.6) is 5.75 Å². The molecule has 1 atom stereocenters. The van der Waals surface area contributed by atoms with Crippen LogP contribution in [0.2, 0.25) is 0 Å². The molecule has 0 radical (unpaired) electrons. The lowest BCUT2D eigenvalue weighted by molar-refractivity contribution is -0.263. The van der Waals surface area contributed by atoms with E-state index < -0.39 is 30.1 Å². The molecule has 1 rings (SSSR count). The Kier molecular flexibility index (Phi) is 9.11. The van der Waals surface area contributed by atoms with Crippen molar-refractivity contribution < 1.29 is 45.8 Å². The number of carbonyl (C=O) groups excluding carboxylic acids is 2. The Morgan fingerprint density at radius 2 is 1.62 bits per heavy atom. The number of alkyl halides is 5. The highest BCUT2D eigenvalue weighted by atomic mass is 127. The molecule has 0 aromatic heterocycles. The summed E-state index contributed by atoms with van der Waals surface area (Å²) in [5.74, 6) is -6.17. The smallest absolute Gasteiger partial charge is 0.431 e. The second-order valence-electron chi connectivity index (χ2n) is 5.82. The van der Waals surface area contributed by atoms with Gasteiger partial charge < -0.3 is 14.2 Å². The standard InChI is InChI=1S/C17H15F5I2O5/c1-8(2)13(25)28-5-4-27-12-10(23)6-9(7-11(12)24)14(26)29-15(16(3,18)19)17(20,21)22/h6-7,15H,1,4-5H2,2-3H3. The summed E-state index contributed by atoms with van der Waals surface area (Å²) in [6.07, 6.45) is -9.00. The molecule has 1 unspecified atom stereocenters. The molecule has 0 bridgehead atoms. The molecule has 0 aliphatic heterocycles. The third-order valence-corrected chi connectivity index (χ3v) is 4.73. The Hall–Kier alpha value is -1.19. The van der Waals surface area contributed by atoms with Gasteiger partial charge in [-0.05, 0) is 64.2 Å². The molecule has 1 aromatic rings. The van der Waals surface area contributed by atoms with Crippen molar-refractivity contribution in [2.45, 2.75) is 32.1 Å². The van der Waals surface area contributed by atoms with E-state index in [0.717, 1.165) is 12.1 Å². The molecule has 162 valence electrons. The maximum atomic E-state index is 13.2. The van der Waals surface area contributed by atoms with Gasteiger partial charge in [-0.3, -0.25) is 0 Å². The predicted molar refractivity (Wildman–Crippen MR) is 109 cm³/mol. The molecule has 0 saturated carbocycles. The first-order chi connectivity index (χ1) is 13.1. The van der Waals surface area contributed by atoms with E-state index in [0.29, 0.717) is 7.14 Å². The average molecular weight is 648 g/mol. The van der Waals surface area contributed by atoms with Gasteiger partial charge in [0.2, 0.25) is 0 Å². The Labute approximate surface area is 190 Å². The molecular weight excluding hydrogens is 633 g/mol. The summed E-state index contributed by atoms with van der Waals surface area (Å²) in [5.41, 5.74) is -0.134. The van der Waals surface area contributed by atoms with Crippen LogP contribution < -0.4 is 4.74 Å². The van der Waals surface area contributed by atoms with Crippen LogP contribution in [0, 0.1) is 7.14 Å². The number of hydrogen-bond donors (Lipinski definition) is 0. The van der Waals surface area contributed by atoms with E-state index in [1.807, 2.05) is 0 Å². The molecule has 12 heteroatoms. The minimum absolute atomic E-state index is 0.0174. The second-order valence-corrected chi connectivity index (χ2v) is 8.14. The summed E-state index contributed by atoms with van der Waals surface area (Å²) in [6.45, 7) is 4.79. The monoisotopic (exact) mass is 648 g/mol. The SMILES string of the molecule is C=C(C)C(=O)OCCOc1c(I)cc(C(=O)OC(C(C)(F)F)C(F)(F)F)cc1I. The number of esters is 2. The van der Waals surface area contributed by atoms with E-state index in [1.165, 1.54) is 6.92 Å². The van der Waals surface area contributed by atoms with Crippen LogP contribution in [0.4, 0.5) is 22.0 Å². The number of halogens is 7. The number of benzene rings is 1. The van der Waals surface area contributed by atoms with E-state index in [-0.39, 0.29) is 37.0 Å². The molecule has 5 nitrogen and oxygen atoms in total. The van der Waals surface area contributed by atoms with Gasteiger partial charge in [-0.15, -0.1) is 0 Å². The molecule has 0 amide bonds. The van der Waals surface area contributed by atoms with Crippen LogP contribution >= 0.6 is 45.2 Å². The maximum Gasteiger partial charge on any atom is 0.431 e. The van der Waals surface area contributed by atoms with Crippen molar-refractivity contribution in [2.75, 3.05) is 13.2 Å². The molecule has 1 aromatic carbocycles. The Bertz CT molecular complexity index is 752. The Morgan fingerprint density at radius 1 is 1.10 bits per heavy atom. The molecule has 0 aliphatic rings. The highest BCUT2D eigenvalue weighted by Crippen LogP contribution is 2.36. The third-order valence-electron chi connectivity index (χ3n) is 3.13. The molecule has 0 aliphatic carbocycles. The van der Waals surface area contributed by atoms with Crippen molar-refractivity contribution in [3.05, 3.63) is 37.0 Å². The zero-order chi connectivity index (χ0) is 22.6. The van der Waals surface area contributed by atoms with Crippen LogP contribution in [-0.2, 0) is 14.3 Å². The first kappa shape index (κ1) is 25.8. The summed E-state index contributed by atoms with van der Waals surface area (Å²) in [5, 5.41) is 0. The van der Waals surface area contributed by atoms with Gasteiger partial charge in [0.15, 0.2) is 0 Å². The van der Waals surface area contributed by atoms with Gasteiger partial charge in [-0.2, -0.15) is 13.2 Å². The van der Waals surface area contributed by atoms with E-state index >= 15 is 0 Å². The fraction of sp³-hybridized carbons (Fsp3) is 0.412. The van der Waals surface area contributed by atoms with Gasteiger partial charge >= 0.3 is 18.1 Å². The van der Waals surface area contributed by atoms with Crippen molar-refractivity contribution in [3.8, 4) is 5.75 Å². The van der Waals surface area contributed by atoms with Crippen LogP contribution in [0.1, 0.15) is 24.2 Å². The van der Waals surface area contributed by atoms with Gasteiger partial charge in [-0.25, -0.2) is 18.4 Å². The summed E-state index contributed by atoms with van der Waals surface area (Å²) < 4.78 is 79.7.